The van der Waals surface area contributed by atoms with E-state index in [0.717, 1.165) is 12.1 Å². The Hall–Kier alpha value is -0.710. The number of halogens is 5. The summed E-state index contributed by atoms with van der Waals surface area (Å²) in [6.07, 6.45) is -2.45. The summed E-state index contributed by atoms with van der Waals surface area (Å²) in [7, 11) is 0. The van der Waals surface area contributed by atoms with Gasteiger partial charge in [0, 0.05) is 11.1 Å². The summed E-state index contributed by atoms with van der Waals surface area (Å²) in [5.74, 6) is 0. The quantitative estimate of drug-likeness (QED) is 0.821. The van der Waals surface area contributed by atoms with E-state index in [-0.39, 0.29) is 17.4 Å². The highest BCUT2D eigenvalue weighted by atomic mass is 35.5. The molecule has 0 fully saturated rings. The van der Waals surface area contributed by atoms with Crippen LogP contribution in [0.4, 0.5) is 13.2 Å². The molecule has 6 heteroatoms. The van der Waals surface area contributed by atoms with Crippen molar-refractivity contribution in [1.29, 1.82) is 0 Å². The van der Waals surface area contributed by atoms with Crippen LogP contribution in [0.3, 0.4) is 0 Å². The molecule has 0 spiro atoms. The lowest BCUT2D eigenvalue weighted by Gasteiger charge is -2.13. The number of alkyl halides is 3. The zero-order chi connectivity index (χ0) is 12.3. The van der Waals surface area contributed by atoms with Crippen LogP contribution in [0.2, 0.25) is 5.02 Å². The van der Waals surface area contributed by atoms with Gasteiger partial charge in [0.05, 0.1) is 5.56 Å². The molecule has 17 heavy (non-hydrogen) atoms. The van der Waals surface area contributed by atoms with Gasteiger partial charge in [-0.1, -0.05) is 17.7 Å². The summed E-state index contributed by atoms with van der Waals surface area (Å²) in [6, 6.07) is 2.81. The molecule has 0 aromatic heterocycles. The van der Waals surface area contributed by atoms with Crippen LogP contribution in [0.1, 0.15) is 23.6 Å². The van der Waals surface area contributed by atoms with Crippen LogP contribution < -0.4 is 5.73 Å². The molecule has 1 aromatic rings. The third-order valence-corrected chi connectivity index (χ3v) is 2.31. The molecule has 0 heterocycles. The predicted octanol–water partition coefficient (Wildman–Crippen LogP) is 4.36. The lowest BCUT2D eigenvalue weighted by molar-refractivity contribution is -0.137. The zero-order valence-electron chi connectivity index (χ0n) is 8.80. The lowest BCUT2D eigenvalue weighted by atomic mass is 10.0. The summed E-state index contributed by atoms with van der Waals surface area (Å²) >= 11 is 5.62. The van der Waals surface area contributed by atoms with Crippen molar-refractivity contribution in [3.05, 3.63) is 47.0 Å². The first-order valence-corrected chi connectivity index (χ1v) is 4.96. The largest absolute Gasteiger partial charge is 0.416 e. The molecule has 1 nitrogen and oxygen atoms in total. The average Bonchev–Trinajstić information content (AvgIpc) is 2.16. The van der Waals surface area contributed by atoms with Gasteiger partial charge in [0.25, 0.3) is 0 Å². The molecule has 1 atom stereocenters. The first-order valence-electron chi connectivity index (χ1n) is 4.58. The van der Waals surface area contributed by atoms with Gasteiger partial charge >= 0.3 is 6.18 Å². The number of rotatable bonds is 3. The standard InChI is InChI=1S/C11H11ClF3N.ClH/c1-2-3-10(16)7-4-8(11(13,14)15)6-9(12)5-7;/h2,4-6,10H,1,3,16H2;1H/t10-;/m1./s1. The summed E-state index contributed by atoms with van der Waals surface area (Å²) in [4.78, 5) is 0. The van der Waals surface area contributed by atoms with Crippen LogP contribution in [0.5, 0.6) is 0 Å². The molecule has 0 aliphatic carbocycles. The summed E-state index contributed by atoms with van der Waals surface area (Å²) in [5, 5.41) is 0.0318. The van der Waals surface area contributed by atoms with E-state index in [4.69, 9.17) is 17.3 Å². The lowest BCUT2D eigenvalue weighted by Crippen LogP contribution is -2.12. The van der Waals surface area contributed by atoms with Gasteiger partial charge in [0.2, 0.25) is 0 Å². The first-order chi connectivity index (χ1) is 7.34. The SMILES string of the molecule is C=CC[C@@H](N)c1cc(Cl)cc(C(F)(F)F)c1.Cl. The normalized spacial score (nSPS) is 12.8. The van der Waals surface area contributed by atoms with Crippen molar-refractivity contribution in [2.75, 3.05) is 0 Å². The van der Waals surface area contributed by atoms with E-state index in [9.17, 15) is 13.2 Å². The summed E-state index contributed by atoms with van der Waals surface area (Å²) in [5.41, 5.74) is 5.27. The first kappa shape index (κ1) is 16.3. The molecule has 0 bridgehead atoms. The fourth-order valence-corrected chi connectivity index (χ4v) is 1.55. The monoisotopic (exact) mass is 285 g/mol. The highest BCUT2D eigenvalue weighted by Crippen LogP contribution is 2.33. The van der Waals surface area contributed by atoms with Gasteiger partial charge in [-0.25, -0.2) is 0 Å². The maximum Gasteiger partial charge on any atom is 0.416 e. The highest BCUT2D eigenvalue weighted by molar-refractivity contribution is 6.30. The minimum atomic E-state index is -4.41. The molecule has 0 radical (unpaired) electrons. The number of hydrogen-bond acceptors (Lipinski definition) is 1. The zero-order valence-corrected chi connectivity index (χ0v) is 10.4. The Bertz CT molecular complexity index is 391. The molecule has 96 valence electrons. The minimum Gasteiger partial charge on any atom is -0.324 e. The van der Waals surface area contributed by atoms with E-state index in [0.29, 0.717) is 12.0 Å². The van der Waals surface area contributed by atoms with Gasteiger partial charge in [-0.2, -0.15) is 13.2 Å². The van der Waals surface area contributed by atoms with Gasteiger partial charge in [-0.15, -0.1) is 19.0 Å². The molecule has 0 unspecified atom stereocenters. The molecule has 0 saturated heterocycles. The Labute approximate surface area is 109 Å². The van der Waals surface area contributed by atoms with Crippen LogP contribution in [0, 0.1) is 0 Å². The van der Waals surface area contributed by atoms with Crippen LogP contribution >= 0.6 is 24.0 Å². The van der Waals surface area contributed by atoms with Crippen molar-refractivity contribution in [2.24, 2.45) is 5.73 Å². The van der Waals surface area contributed by atoms with Crippen molar-refractivity contribution < 1.29 is 13.2 Å². The summed E-state index contributed by atoms with van der Waals surface area (Å²) < 4.78 is 37.4. The van der Waals surface area contributed by atoms with Crippen molar-refractivity contribution in [3.63, 3.8) is 0 Å². The van der Waals surface area contributed by atoms with Gasteiger partial charge < -0.3 is 5.73 Å². The maximum atomic E-state index is 12.5. The Morgan fingerprint density at radius 3 is 2.41 bits per heavy atom. The van der Waals surface area contributed by atoms with Crippen molar-refractivity contribution >= 4 is 24.0 Å². The third kappa shape index (κ3) is 4.58. The van der Waals surface area contributed by atoms with E-state index >= 15 is 0 Å². The Morgan fingerprint density at radius 2 is 1.94 bits per heavy atom. The van der Waals surface area contributed by atoms with E-state index in [1.165, 1.54) is 6.07 Å². The van der Waals surface area contributed by atoms with Crippen LogP contribution in [0.15, 0.2) is 30.9 Å². The van der Waals surface area contributed by atoms with Gasteiger partial charge in [0.15, 0.2) is 0 Å². The average molecular weight is 286 g/mol. The topological polar surface area (TPSA) is 26.0 Å². The van der Waals surface area contributed by atoms with E-state index in [2.05, 4.69) is 6.58 Å². The van der Waals surface area contributed by atoms with Crippen molar-refractivity contribution in [3.8, 4) is 0 Å². The Morgan fingerprint density at radius 1 is 1.35 bits per heavy atom. The minimum absolute atomic E-state index is 0. The molecule has 0 saturated carbocycles. The molecule has 1 aromatic carbocycles. The molecule has 2 N–H and O–H groups in total. The molecule has 0 aliphatic rings. The number of benzene rings is 1. The fraction of sp³-hybridized carbons (Fsp3) is 0.273. The van der Waals surface area contributed by atoms with Gasteiger partial charge in [-0.05, 0) is 30.2 Å². The second-order valence-corrected chi connectivity index (χ2v) is 3.84. The highest BCUT2D eigenvalue weighted by Gasteiger charge is 2.31. The van der Waals surface area contributed by atoms with Crippen LogP contribution in [0.25, 0.3) is 0 Å². The van der Waals surface area contributed by atoms with Gasteiger partial charge in [0.1, 0.15) is 0 Å². The summed E-state index contributed by atoms with van der Waals surface area (Å²) in [6.45, 7) is 3.48. The fourth-order valence-electron chi connectivity index (χ4n) is 1.31. The van der Waals surface area contributed by atoms with Crippen molar-refractivity contribution in [2.45, 2.75) is 18.6 Å². The smallest absolute Gasteiger partial charge is 0.324 e. The Balaban J connectivity index is 0.00000256. The van der Waals surface area contributed by atoms with Crippen LogP contribution in [-0.4, -0.2) is 0 Å². The number of hydrogen-bond donors (Lipinski definition) is 1. The molecular weight excluding hydrogens is 274 g/mol. The van der Waals surface area contributed by atoms with Crippen molar-refractivity contribution in [1.82, 2.24) is 0 Å². The predicted molar refractivity (Wildman–Crippen MR) is 65.4 cm³/mol. The Kier molecular flexibility index (Phi) is 6.02. The maximum absolute atomic E-state index is 12.5. The van der Waals surface area contributed by atoms with Gasteiger partial charge in [-0.3, -0.25) is 0 Å². The molecular formula is C11H12Cl2F3N. The number of nitrogens with two attached hydrogens (primary N) is 1. The molecule has 1 rings (SSSR count). The molecule has 0 aliphatic heterocycles. The van der Waals surface area contributed by atoms with E-state index in [1.807, 2.05) is 0 Å². The van der Waals surface area contributed by atoms with E-state index < -0.39 is 17.8 Å². The second kappa shape index (κ2) is 6.28. The second-order valence-electron chi connectivity index (χ2n) is 3.40. The third-order valence-electron chi connectivity index (χ3n) is 2.10. The van der Waals surface area contributed by atoms with E-state index in [1.54, 1.807) is 6.08 Å². The molecule has 0 amide bonds. The van der Waals surface area contributed by atoms with Crippen LogP contribution in [-0.2, 0) is 6.18 Å².